The molecular weight excluding hydrogens is 591 g/mol. The van der Waals surface area contributed by atoms with Crippen molar-refractivity contribution in [1.29, 1.82) is 0 Å². The number of pyridine rings is 1. The SMILES string of the molecule is C=Cc1ccccc1N1c2ncc(C(C)C)nc2N(c2ccccc2)C1CC1(CC)C(C)c2ccccc2N2c3ncccc3N(C)C21. The van der Waals surface area contributed by atoms with Crippen LogP contribution in [-0.4, -0.2) is 34.3 Å². The first-order chi connectivity index (χ1) is 23.4. The normalized spacial score (nSPS) is 22.4. The summed E-state index contributed by atoms with van der Waals surface area (Å²) in [6, 6.07) is 32.5. The standard InChI is InChI=1S/C41H43N7/c1-7-29-17-12-14-21-33(29)47-36(46(30-18-10-9-11-19-30)39-38(47)43-26-32(44-39)27(3)4)25-41(8-2)28(5)31-20-13-15-22-34(31)48-37-35(23-16-24-42-37)45(6)40(41)48/h7,9-24,26-28,36,40H,1,8,25H2,2-6H3. The molecule has 0 amide bonds. The molecule has 0 radical (unpaired) electrons. The van der Waals surface area contributed by atoms with E-state index in [9.17, 15) is 0 Å². The van der Waals surface area contributed by atoms with E-state index in [0.29, 0.717) is 0 Å². The highest BCUT2D eigenvalue weighted by Crippen LogP contribution is 2.62. The van der Waals surface area contributed by atoms with Gasteiger partial charge in [-0.05, 0) is 72.2 Å². The number of aromatic nitrogens is 3. The van der Waals surface area contributed by atoms with Crippen molar-refractivity contribution in [2.24, 2.45) is 5.41 Å². The quantitative estimate of drug-likeness (QED) is 0.177. The first-order valence-corrected chi connectivity index (χ1v) is 17.2. The summed E-state index contributed by atoms with van der Waals surface area (Å²) in [4.78, 5) is 25.4. The lowest BCUT2D eigenvalue weighted by atomic mass is 9.63. The molecule has 8 rings (SSSR count). The lowest BCUT2D eigenvalue weighted by Gasteiger charge is -2.55. The van der Waals surface area contributed by atoms with Gasteiger partial charge in [-0.3, -0.25) is 0 Å². The van der Waals surface area contributed by atoms with Gasteiger partial charge < -0.3 is 19.6 Å². The van der Waals surface area contributed by atoms with Crippen molar-refractivity contribution in [3.05, 3.63) is 127 Å². The smallest absolute Gasteiger partial charge is 0.178 e. The highest BCUT2D eigenvalue weighted by Gasteiger charge is 2.58. The molecule has 0 saturated heterocycles. The molecule has 2 aromatic heterocycles. The Bertz CT molecular complexity index is 1990. The second-order valence-electron chi connectivity index (χ2n) is 13.7. The minimum atomic E-state index is -0.203. The number of fused-ring (bicyclic) bond motifs is 6. The largest absolute Gasteiger partial charge is 0.350 e. The van der Waals surface area contributed by atoms with Crippen LogP contribution < -0.4 is 19.6 Å². The molecule has 4 unspecified atom stereocenters. The third kappa shape index (κ3) is 4.29. The summed E-state index contributed by atoms with van der Waals surface area (Å²) in [6.07, 6.45) is 7.58. The predicted octanol–water partition coefficient (Wildman–Crippen LogP) is 9.77. The van der Waals surface area contributed by atoms with Gasteiger partial charge in [-0.25, -0.2) is 15.0 Å². The fraction of sp³-hybridized carbons (Fsp3) is 0.293. The zero-order valence-electron chi connectivity index (χ0n) is 28.5. The van der Waals surface area contributed by atoms with Crippen molar-refractivity contribution >= 4 is 46.3 Å². The van der Waals surface area contributed by atoms with Gasteiger partial charge in [-0.1, -0.05) is 94.9 Å². The lowest BCUT2D eigenvalue weighted by molar-refractivity contribution is 0.135. The van der Waals surface area contributed by atoms with Gasteiger partial charge in [-0.15, -0.1) is 0 Å². The van der Waals surface area contributed by atoms with Crippen molar-refractivity contribution < 1.29 is 0 Å². The second-order valence-corrected chi connectivity index (χ2v) is 13.7. The van der Waals surface area contributed by atoms with E-state index in [4.69, 9.17) is 15.0 Å². The molecule has 48 heavy (non-hydrogen) atoms. The van der Waals surface area contributed by atoms with Gasteiger partial charge in [0.25, 0.3) is 0 Å². The number of hydrogen-bond acceptors (Lipinski definition) is 7. The molecule has 5 heterocycles. The van der Waals surface area contributed by atoms with Crippen LogP contribution in [0.15, 0.2) is 110 Å². The minimum absolute atomic E-state index is 0.0577. The number of benzene rings is 3. The van der Waals surface area contributed by atoms with Crippen molar-refractivity contribution in [2.75, 3.05) is 26.6 Å². The third-order valence-electron chi connectivity index (χ3n) is 11.1. The van der Waals surface area contributed by atoms with Crippen molar-refractivity contribution in [3.63, 3.8) is 0 Å². The van der Waals surface area contributed by atoms with Crippen LogP contribution in [0.2, 0.25) is 0 Å². The zero-order chi connectivity index (χ0) is 33.2. The summed E-state index contributed by atoms with van der Waals surface area (Å²) in [5.41, 5.74) is 7.82. The van der Waals surface area contributed by atoms with Crippen molar-refractivity contribution in [1.82, 2.24) is 15.0 Å². The van der Waals surface area contributed by atoms with E-state index in [1.54, 1.807) is 0 Å². The molecule has 3 aromatic carbocycles. The van der Waals surface area contributed by atoms with Gasteiger partial charge in [0.05, 0.1) is 23.3 Å². The topological polar surface area (TPSA) is 51.6 Å². The molecule has 242 valence electrons. The Hall–Kier alpha value is -5.17. The molecule has 0 N–H and O–H groups in total. The Balaban J connectivity index is 1.38. The van der Waals surface area contributed by atoms with Crippen LogP contribution in [0.3, 0.4) is 0 Å². The fourth-order valence-corrected chi connectivity index (χ4v) is 8.63. The van der Waals surface area contributed by atoms with E-state index in [2.05, 4.69) is 152 Å². The molecule has 0 saturated carbocycles. The van der Waals surface area contributed by atoms with Gasteiger partial charge in [0.2, 0.25) is 0 Å². The number of anilines is 7. The van der Waals surface area contributed by atoms with E-state index < -0.39 is 0 Å². The van der Waals surface area contributed by atoms with Crippen LogP contribution in [0.1, 0.15) is 69.2 Å². The van der Waals surface area contributed by atoms with Gasteiger partial charge >= 0.3 is 0 Å². The molecule has 3 aliphatic heterocycles. The maximum Gasteiger partial charge on any atom is 0.178 e. The molecular formula is C41H43N7. The average Bonchev–Trinajstić information content (AvgIpc) is 3.61. The first-order valence-electron chi connectivity index (χ1n) is 17.2. The Morgan fingerprint density at radius 2 is 1.50 bits per heavy atom. The molecule has 5 aromatic rings. The van der Waals surface area contributed by atoms with Crippen LogP contribution >= 0.6 is 0 Å². The van der Waals surface area contributed by atoms with E-state index in [1.807, 2.05) is 18.5 Å². The molecule has 0 aliphatic carbocycles. The number of nitrogens with zero attached hydrogens (tertiary/aromatic N) is 7. The van der Waals surface area contributed by atoms with Crippen LogP contribution in [0.4, 0.5) is 40.2 Å². The van der Waals surface area contributed by atoms with Gasteiger partial charge in [0, 0.05) is 30.0 Å². The Kier molecular flexibility index (Phi) is 7.24. The monoisotopic (exact) mass is 633 g/mol. The summed E-state index contributed by atoms with van der Waals surface area (Å²) >= 11 is 0. The highest BCUT2D eigenvalue weighted by atomic mass is 15.5. The van der Waals surface area contributed by atoms with Crippen LogP contribution in [0, 0.1) is 5.41 Å². The Morgan fingerprint density at radius 1 is 0.792 bits per heavy atom. The number of para-hydroxylation sites is 3. The van der Waals surface area contributed by atoms with Crippen molar-refractivity contribution in [2.45, 2.75) is 64.7 Å². The Labute approximate surface area is 284 Å². The zero-order valence-corrected chi connectivity index (χ0v) is 28.5. The van der Waals surface area contributed by atoms with Crippen LogP contribution in [-0.2, 0) is 0 Å². The van der Waals surface area contributed by atoms with Gasteiger partial charge in [-0.2, -0.15) is 0 Å². The van der Waals surface area contributed by atoms with Crippen LogP contribution in [0.25, 0.3) is 6.08 Å². The van der Waals surface area contributed by atoms with E-state index in [1.165, 1.54) is 11.3 Å². The molecule has 7 heteroatoms. The summed E-state index contributed by atoms with van der Waals surface area (Å²) in [5.74, 6) is 3.29. The first kappa shape index (κ1) is 30.2. The third-order valence-corrected chi connectivity index (χ3v) is 11.1. The van der Waals surface area contributed by atoms with Gasteiger partial charge in [0.15, 0.2) is 17.5 Å². The van der Waals surface area contributed by atoms with Gasteiger partial charge in [0.1, 0.15) is 12.3 Å². The molecule has 0 bridgehead atoms. The summed E-state index contributed by atoms with van der Waals surface area (Å²) in [5, 5.41) is 0. The van der Waals surface area contributed by atoms with E-state index in [-0.39, 0.29) is 29.6 Å². The second kappa shape index (κ2) is 11.5. The summed E-state index contributed by atoms with van der Waals surface area (Å²) < 4.78 is 0. The molecule has 4 atom stereocenters. The Morgan fingerprint density at radius 3 is 2.25 bits per heavy atom. The molecule has 3 aliphatic rings. The maximum atomic E-state index is 5.37. The molecule has 0 spiro atoms. The number of rotatable bonds is 7. The molecule has 7 nitrogen and oxygen atoms in total. The fourth-order valence-electron chi connectivity index (χ4n) is 8.63. The van der Waals surface area contributed by atoms with E-state index in [0.717, 1.165) is 58.6 Å². The van der Waals surface area contributed by atoms with Crippen molar-refractivity contribution in [3.8, 4) is 0 Å². The minimum Gasteiger partial charge on any atom is -0.350 e. The molecule has 0 fully saturated rings. The summed E-state index contributed by atoms with van der Waals surface area (Å²) in [6.45, 7) is 13.4. The summed E-state index contributed by atoms with van der Waals surface area (Å²) in [7, 11) is 2.25. The number of hydrogen-bond donors (Lipinski definition) is 0. The predicted molar refractivity (Wildman–Crippen MR) is 198 cm³/mol. The van der Waals surface area contributed by atoms with Crippen LogP contribution in [0.5, 0.6) is 0 Å². The average molecular weight is 634 g/mol. The highest BCUT2D eigenvalue weighted by molar-refractivity contribution is 5.87. The maximum absolute atomic E-state index is 5.37. The lowest BCUT2D eigenvalue weighted by Crippen LogP contribution is -2.59. The van der Waals surface area contributed by atoms with E-state index >= 15 is 0 Å².